The highest BCUT2D eigenvalue weighted by Gasteiger charge is 2.20. The van der Waals surface area contributed by atoms with Gasteiger partial charge in [-0.2, -0.15) is 8.78 Å². The fraction of sp³-hybridized carbons (Fsp3) is 0.300. The van der Waals surface area contributed by atoms with Crippen LogP contribution in [0.4, 0.5) is 8.78 Å². The molecule has 0 fully saturated rings. The number of carbonyl (C=O) groups excluding carboxylic acids is 1. The lowest BCUT2D eigenvalue weighted by Gasteiger charge is -2.11. The van der Waals surface area contributed by atoms with Gasteiger partial charge in [-0.25, -0.2) is 0 Å². The Bertz CT molecular complexity index is 487. The number of rotatable bonds is 5. The minimum absolute atomic E-state index is 0.0764. The van der Waals surface area contributed by atoms with Crippen molar-refractivity contribution in [1.29, 1.82) is 0 Å². The van der Waals surface area contributed by atoms with Gasteiger partial charge in [0.05, 0.1) is 5.30 Å². The standard InChI is InChI=1S/C10H12F2NO5P/c11-10(12)18-9(14)8(13)5-6-1-3-7(4-2-6)19(15,16)17/h1-4,8,10H,5,13H2,(H2,15,16,17)/t8-/m0/s1. The molecule has 0 aliphatic rings. The van der Waals surface area contributed by atoms with E-state index >= 15 is 0 Å². The first-order valence-electron chi connectivity index (χ1n) is 5.09. The molecule has 1 rings (SSSR count). The molecule has 9 heteroatoms. The summed E-state index contributed by atoms with van der Waals surface area (Å²) in [6.45, 7) is -3.23. The summed E-state index contributed by atoms with van der Waals surface area (Å²) in [5.41, 5.74) is 5.83. The Morgan fingerprint density at radius 2 is 1.84 bits per heavy atom. The summed E-state index contributed by atoms with van der Waals surface area (Å²) in [6, 6.07) is 3.80. The van der Waals surface area contributed by atoms with Crippen molar-refractivity contribution in [3.05, 3.63) is 29.8 Å². The van der Waals surface area contributed by atoms with Crippen molar-refractivity contribution in [3.8, 4) is 0 Å². The molecule has 0 saturated heterocycles. The highest BCUT2D eigenvalue weighted by Crippen LogP contribution is 2.32. The maximum Gasteiger partial charge on any atom is 0.389 e. The zero-order valence-corrected chi connectivity index (χ0v) is 10.5. The van der Waals surface area contributed by atoms with E-state index in [9.17, 15) is 18.1 Å². The normalized spacial score (nSPS) is 13.4. The van der Waals surface area contributed by atoms with Gasteiger partial charge in [-0.05, 0) is 24.1 Å². The summed E-state index contributed by atoms with van der Waals surface area (Å²) in [4.78, 5) is 28.8. The van der Waals surface area contributed by atoms with E-state index in [0.29, 0.717) is 5.56 Å². The van der Waals surface area contributed by atoms with Crippen molar-refractivity contribution in [2.45, 2.75) is 19.1 Å². The van der Waals surface area contributed by atoms with Gasteiger partial charge in [-0.1, -0.05) is 12.1 Å². The zero-order chi connectivity index (χ0) is 14.6. The number of nitrogens with two attached hydrogens (primary N) is 1. The minimum Gasteiger partial charge on any atom is -0.402 e. The summed E-state index contributed by atoms with van der Waals surface area (Å²) >= 11 is 0. The second-order valence-corrected chi connectivity index (χ2v) is 5.32. The quantitative estimate of drug-likeness (QED) is 0.526. The van der Waals surface area contributed by atoms with Crippen LogP contribution in [0.1, 0.15) is 5.56 Å². The number of halogens is 2. The average Bonchev–Trinajstić information content (AvgIpc) is 2.27. The summed E-state index contributed by atoms with van der Waals surface area (Å²) in [7, 11) is -4.33. The lowest BCUT2D eigenvalue weighted by Crippen LogP contribution is -2.35. The molecular formula is C10H12F2NO5P. The molecule has 0 aliphatic heterocycles. The van der Waals surface area contributed by atoms with Gasteiger partial charge in [-0.3, -0.25) is 9.36 Å². The fourth-order valence-corrected chi connectivity index (χ4v) is 1.88. The van der Waals surface area contributed by atoms with Gasteiger partial charge < -0.3 is 20.3 Å². The first-order valence-corrected chi connectivity index (χ1v) is 6.70. The van der Waals surface area contributed by atoms with Crippen molar-refractivity contribution in [3.63, 3.8) is 0 Å². The van der Waals surface area contributed by atoms with Crippen molar-refractivity contribution in [2.24, 2.45) is 5.73 Å². The van der Waals surface area contributed by atoms with Gasteiger partial charge in [0.25, 0.3) is 0 Å². The lowest BCUT2D eigenvalue weighted by molar-refractivity contribution is -0.177. The molecule has 0 aromatic heterocycles. The SMILES string of the molecule is N[C@@H](Cc1ccc(P(=O)(O)O)cc1)C(=O)OC(F)F. The topological polar surface area (TPSA) is 110 Å². The third-order valence-corrected chi connectivity index (χ3v) is 3.21. The second kappa shape index (κ2) is 6.21. The molecule has 106 valence electrons. The van der Waals surface area contributed by atoms with Crippen LogP contribution in [0.2, 0.25) is 0 Å². The highest BCUT2D eigenvalue weighted by molar-refractivity contribution is 7.60. The summed E-state index contributed by atoms with van der Waals surface area (Å²) in [5.74, 6) is -1.24. The molecule has 0 amide bonds. The van der Waals surface area contributed by atoms with Crippen LogP contribution in [-0.2, 0) is 20.5 Å². The van der Waals surface area contributed by atoms with Crippen LogP contribution in [0.5, 0.6) is 0 Å². The maximum atomic E-state index is 11.8. The largest absolute Gasteiger partial charge is 0.402 e. The number of esters is 1. The van der Waals surface area contributed by atoms with E-state index in [-0.39, 0.29) is 11.7 Å². The van der Waals surface area contributed by atoms with Crippen LogP contribution >= 0.6 is 7.60 Å². The Morgan fingerprint density at radius 3 is 2.26 bits per heavy atom. The lowest BCUT2D eigenvalue weighted by atomic mass is 10.1. The summed E-state index contributed by atoms with van der Waals surface area (Å²) < 4.78 is 38.1. The van der Waals surface area contributed by atoms with Crippen LogP contribution in [0, 0.1) is 0 Å². The Morgan fingerprint density at radius 1 is 1.32 bits per heavy atom. The number of hydrogen-bond donors (Lipinski definition) is 3. The van der Waals surface area contributed by atoms with E-state index in [4.69, 9.17) is 15.5 Å². The summed E-state index contributed by atoms with van der Waals surface area (Å²) in [6.07, 6.45) is -0.0764. The van der Waals surface area contributed by atoms with Gasteiger partial charge in [0, 0.05) is 0 Å². The molecule has 0 spiro atoms. The molecule has 0 radical (unpaired) electrons. The predicted octanol–water partition coefficient (Wildman–Crippen LogP) is 0.125. The molecule has 0 aliphatic carbocycles. The van der Waals surface area contributed by atoms with E-state index in [1.807, 2.05) is 0 Å². The van der Waals surface area contributed by atoms with Crippen LogP contribution in [0.25, 0.3) is 0 Å². The average molecular weight is 295 g/mol. The first kappa shape index (κ1) is 15.7. The first-order chi connectivity index (χ1) is 8.70. The van der Waals surface area contributed by atoms with Gasteiger partial charge >= 0.3 is 20.2 Å². The zero-order valence-electron chi connectivity index (χ0n) is 9.57. The number of benzene rings is 1. The monoisotopic (exact) mass is 295 g/mol. The highest BCUT2D eigenvalue weighted by atomic mass is 31.2. The fourth-order valence-electron chi connectivity index (χ4n) is 1.34. The van der Waals surface area contributed by atoms with E-state index in [0.717, 1.165) is 0 Å². The Labute approximate surface area is 107 Å². The molecule has 0 bridgehead atoms. The Hall–Kier alpha value is -1.34. The van der Waals surface area contributed by atoms with Crippen LogP contribution in [0.3, 0.4) is 0 Å². The molecule has 1 aromatic rings. The second-order valence-electron chi connectivity index (χ2n) is 3.72. The molecule has 0 unspecified atom stereocenters. The molecule has 0 saturated carbocycles. The Balaban J connectivity index is 2.68. The molecule has 0 heterocycles. The van der Waals surface area contributed by atoms with Crippen LogP contribution < -0.4 is 11.0 Å². The van der Waals surface area contributed by atoms with E-state index in [1.165, 1.54) is 24.3 Å². The molecule has 6 nitrogen and oxygen atoms in total. The van der Waals surface area contributed by atoms with Gasteiger partial charge in [-0.15, -0.1) is 0 Å². The van der Waals surface area contributed by atoms with E-state index in [2.05, 4.69) is 4.74 Å². The summed E-state index contributed by atoms with van der Waals surface area (Å²) in [5, 5.41) is -0.181. The number of alkyl halides is 2. The molecule has 1 aromatic carbocycles. The number of ether oxygens (including phenoxy) is 1. The number of hydrogen-bond acceptors (Lipinski definition) is 4. The minimum atomic E-state index is -4.33. The van der Waals surface area contributed by atoms with Gasteiger partial charge in [0.2, 0.25) is 0 Å². The molecule has 4 N–H and O–H groups in total. The van der Waals surface area contributed by atoms with Crippen molar-refractivity contribution < 1.29 is 32.7 Å². The molecule has 19 heavy (non-hydrogen) atoms. The third-order valence-electron chi connectivity index (χ3n) is 2.24. The molecule has 1 atom stereocenters. The van der Waals surface area contributed by atoms with E-state index in [1.54, 1.807) is 0 Å². The van der Waals surface area contributed by atoms with Gasteiger partial charge in [0.1, 0.15) is 6.04 Å². The van der Waals surface area contributed by atoms with Crippen LogP contribution in [0.15, 0.2) is 24.3 Å². The predicted molar refractivity (Wildman–Crippen MR) is 61.9 cm³/mol. The van der Waals surface area contributed by atoms with Crippen molar-refractivity contribution >= 4 is 18.9 Å². The maximum absolute atomic E-state index is 11.8. The van der Waals surface area contributed by atoms with Crippen molar-refractivity contribution in [2.75, 3.05) is 0 Å². The third kappa shape index (κ3) is 5.04. The van der Waals surface area contributed by atoms with Gasteiger partial charge in [0.15, 0.2) is 0 Å². The Kier molecular flexibility index (Phi) is 5.13. The van der Waals surface area contributed by atoms with E-state index < -0.39 is 26.2 Å². The van der Waals surface area contributed by atoms with Crippen molar-refractivity contribution in [1.82, 2.24) is 0 Å². The molecular weight excluding hydrogens is 283 g/mol. The van der Waals surface area contributed by atoms with Crippen LogP contribution in [-0.4, -0.2) is 28.4 Å². The smallest absolute Gasteiger partial charge is 0.389 e. The number of carbonyl (C=O) groups is 1.